The Kier molecular flexibility index (Phi) is 4.04. The lowest BCUT2D eigenvalue weighted by molar-refractivity contribution is 0.352. The Hall–Kier alpha value is -2.83. The Labute approximate surface area is 127 Å². The van der Waals surface area contributed by atoms with Crippen LogP contribution in [0.1, 0.15) is 5.56 Å². The molecule has 0 saturated heterocycles. The van der Waals surface area contributed by atoms with Gasteiger partial charge in [0.2, 0.25) is 0 Å². The lowest BCUT2D eigenvalue weighted by Gasteiger charge is -2.13. The summed E-state index contributed by atoms with van der Waals surface area (Å²) in [6.07, 6.45) is 4.00. The number of aromatic amines is 1. The third-order valence-electron chi connectivity index (χ3n) is 3.42. The zero-order chi connectivity index (χ0) is 15.4. The largest absolute Gasteiger partial charge is 0.493 e. The van der Waals surface area contributed by atoms with Crippen molar-refractivity contribution in [1.29, 1.82) is 0 Å². The molecule has 1 aromatic carbocycles. The number of nitrogens with one attached hydrogen (secondary N) is 2. The van der Waals surface area contributed by atoms with E-state index < -0.39 is 0 Å². The molecule has 0 aliphatic carbocycles. The molecule has 2 aromatic heterocycles. The Morgan fingerprint density at radius 3 is 2.91 bits per heavy atom. The molecule has 0 spiro atoms. The summed E-state index contributed by atoms with van der Waals surface area (Å²) in [4.78, 5) is 8.36. The lowest BCUT2D eigenvalue weighted by Crippen LogP contribution is -2.08. The highest BCUT2D eigenvalue weighted by molar-refractivity contribution is 5.85. The van der Waals surface area contributed by atoms with E-state index in [0.29, 0.717) is 6.54 Å². The summed E-state index contributed by atoms with van der Waals surface area (Å²) in [7, 11) is 3.28. The molecule has 3 aromatic rings. The Bertz CT molecular complexity index is 771. The van der Waals surface area contributed by atoms with Gasteiger partial charge in [0.1, 0.15) is 12.1 Å². The minimum absolute atomic E-state index is 0.709. The Balaban J connectivity index is 1.72. The Morgan fingerprint density at radius 1 is 1.18 bits per heavy atom. The number of benzene rings is 1. The first-order chi connectivity index (χ1) is 10.8. The molecule has 3 rings (SSSR count). The zero-order valence-corrected chi connectivity index (χ0v) is 12.5. The van der Waals surface area contributed by atoms with Gasteiger partial charge in [-0.3, -0.25) is 5.10 Å². The van der Waals surface area contributed by atoms with Gasteiger partial charge >= 0.3 is 0 Å². The molecule has 7 heteroatoms. The summed E-state index contributed by atoms with van der Waals surface area (Å²) in [6.45, 7) is 0.709. The van der Waals surface area contributed by atoms with Crippen molar-refractivity contribution in [2.45, 2.75) is 6.42 Å². The van der Waals surface area contributed by atoms with Crippen LogP contribution in [0.25, 0.3) is 11.0 Å². The molecule has 22 heavy (non-hydrogen) atoms. The van der Waals surface area contributed by atoms with Gasteiger partial charge in [-0.25, -0.2) is 9.97 Å². The predicted molar refractivity (Wildman–Crippen MR) is 83.4 cm³/mol. The first-order valence-electron chi connectivity index (χ1n) is 6.91. The van der Waals surface area contributed by atoms with Gasteiger partial charge in [0.15, 0.2) is 17.1 Å². The summed E-state index contributed by atoms with van der Waals surface area (Å²) < 4.78 is 10.7. The van der Waals surface area contributed by atoms with E-state index in [4.69, 9.17) is 9.47 Å². The van der Waals surface area contributed by atoms with Crippen LogP contribution in [0.3, 0.4) is 0 Å². The molecule has 2 heterocycles. The van der Waals surface area contributed by atoms with Crippen molar-refractivity contribution in [2.24, 2.45) is 0 Å². The van der Waals surface area contributed by atoms with Gasteiger partial charge in [-0.2, -0.15) is 5.10 Å². The highest BCUT2D eigenvalue weighted by atomic mass is 16.5. The van der Waals surface area contributed by atoms with Crippen LogP contribution in [0.2, 0.25) is 0 Å². The summed E-state index contributed by atoms with van der Waals surface area (Å²) in [5.41, 5.74) is 1.79. The summed E-state index contributed by atoms with van der Waals surface area (Å²) in [5.74, 6) is 2.27. The van der Waals surface area contributed by atoms with E-state index in [0.717, 1.165) is 40.3 Å². The molecule has 0 radical (unpaired) electrons. The van der Waals surface area contributed by atoms with Crippen molar-refractivity contribution >= 4 is 16.9 Å². The second-order valence-corrected chi connectivity index (χ2v) is 4.68. The van der Waals surface area contributed by atoms with E-state index in [1.54, 1.807) is 20.4 Å². The molecular formula is C15H17N5O2. The lowest BCUT2D eigenvalue weighted by atomic mass is 10.1. The van der Waals surface area contributed by atoms with Crippen molar-refractivity contribution in [2.75, 3.05) is 26.1 Å². The molecule has 0 bridgehead atoms. The second-order valence-electron chi connectivity index (χ2n) is 4.68. The van der Waals surface area contributed by atoms with Crippen LogP contribution in [0, 0.1) is 0 Å². The van der Waals surface area contributed by atoms with E-state index >= 15 is 0 Å². The number of para-hydroxylation sites is 1. The number of aromatic nitrogens is 4. The van der Waals surface area contributed by atoms with Crippen molar-refractivity contribution in [3.8, 4) is 11.5 Å². The van der Waals surface area contributed by atoms with Crippen molar-refractivity contribution in [3.63, 3.8) is 0 Å². The fourth-order valence-electron chi connectivity index (χ4n) is 2.37. The third kappa shape index (κ3) is 2.65. The minimum Gasteiger partial charge on any atom is -0.493 e. The molecule has 114 valence electrons. The van der Waals surface area contributed by atoms with E-state index in [-0.39, 0.29) is 0 Å². The summed E-state index contributed by atoms with van der Waals surface area (Å²) in [6, 6.07) is 5.86. The summed E-state index contributed by atoms with van der Waals surface area (Å²) >= 11 is 0. The average Bonchev–Trinajstić information content (AvgIpc) is 3.04. The number of hydrogen-bond donors (Lipinski definition) is 2. The monoisotopic (exact) mass is 299 g/mol. The standard InChI is InChI=1S/C15H17N5O2/c1-21-12-5-3-4-10(13(12)22-2)6-7-16-14-11-8-19-20-15(11)18-9-17-14/h3-5,8-9H,6-7H2,1-2H3,(H2,16,17,18,19,20). The van der Waals surface area contributed by atoms with E-state index in [2.05, 4.69) is 25.5 Å². The van der Waals surface area contributed by atoms with Gasteiger partial charge in [0, 0.05) is 6.54 Å². The maximum Gasteiger partial charge on any atom is 0.163 e. The van der Waals surface area contributed by atoms with Crippen LogP contribution >= 0.6 is 0 Å². The van der Waals surface area contributed by atoms with Crippen LogP contribution in [0.4, 0.5) is 5.82 Å². The molecule has 2 N–H and O–H groups in total. The number of rotatable bonds is 6. The SMILES string of the molecule is COc1cccc(CCNc2ncnc3[nH]ncc23)c1OC. The van der Waals surface area contributed by atoms with Crippen molar-refractivity contribution < 1.29 is 9.47 Å². The number of fused-ring (bicyclic) bond motifs is 1. The van der Waals surface area contributed by atoms with Gasteiger partial charge in [0.05, 0.1) is 25.8 Å². The number of nitrogens with zero attached hydrogens (tertiary/aromatic N) is 3. The smallest absolute Gasteiger partial charge is 0.163 e. The fourth-order valence-corrected chi connectivity index (χ4v) is 2.37. The average molecular weight is 299 g/mol. The molecular weight excluding hydrogens is 282 g/mol. The van der Waals surface area contributed by atoms with Crippen LogP contribution in [-0.2, 0) is 6.42 Å². The number of methoxy groups -OCH3 is 2. The van der Waals surface area contributed by atoms with Crippen LogP contribution in [0.15, 0.2) is 30.7 Å². The molecule has 0 atom stereocenters. The third-order valence-corrected chi connectivity index (χ3v) is 3.42. The number of hydrogen-bond acceptors (Lipinski definition) is 6. The highest BCUT2D eigenvalue weighted by Crippen LogP contribution is 2.30. The molecule has 7 nitrogen and oxygen atoms in total. The van der Waals surface area contributed by atoms with Crippen molar-refractivity contribution in [1.82, 2.24) is 20.2 Å². The Morgan fingerprint density at radius 2 is 2.09 bits per heavy atom. The van der Waals surface area contributed by atoms with Crippen LogP contribution < -0.4 is 14.8 Å². The maximum absolute atomic E-state index is 5.43. The van der Waals surface area contributed by atoms with Gasteiger partial charge in [0.25, 0.3) is 0 Å². The van der Waals surface area contributed by atoms with E-state index in [1.807, 2.05) is 18.2 Å². The second kappa shape index (κ2) is 6.30. The molecule has 0 unspecified atom stereocenters. The zero-order valence-electron chi connectivity index (χ0n) is 12.5. The molecule has 0 aliphatic heterocycles. The highest BCUT2D eigenvalue weighted by Gasteiger charge is 2.10. The summed E-state index contributed by atoms with van der Waals surface area (Å²) in [5, 5.41) is 11.0. The van der Waals surface area contributed by atoms with Gasteiger partial charge in [-0.1, -0.05) is 12.1 Å². The van der Waals surface area contributed by atoms with E-state index in [9.17, 15) is 0 Å². The maximum atomic E-state index is 5.43. The topological polar surface area (TPSA) is 85.0 Å². The molecule has 0 fully saturated rings. The minimum atomic E-state index is 0.709. The van der Waals surface area contributed by atoms with Gasteiger partial charge < -0.3 is 14.8 Å². The van der Waals surface area contributed by atoms with Crippen LogP contribution in [0.5, 0.6) is 11.5 Å². The van der Waals surface area contributed by atoms with Crippen molar-refractivity contribution in [3.05, 3.63) is 36.3 Å². The number of ether oxygens (including phenoxy) is 2. The van der Waals surface area contributed by atoms with Gasteiger partial charge in [-0.15, -0.1) is 0 Å². The molecule has 0 amide bonds. The van der Waals surface area contributed by atoms with E-state index in [1.165, 1.54) is 6.33 Å². The van der Waals surface area contributed by atoms with Gasteiger partial charge in [-0.05, 0) is 18.1 Å². The fraction of sp³-hybridized carbons (Fsp3) is 0.267. The normalized spacial score (nSPS) is 10.6. The first-order valence-corrected chi connectivity index (χ1v) is 6.91. The molecule has 0 saturated carbocycles. The number of anilines is 1. The first kappa shape index (κ1) is 14.1. The molecule has 0 aliphatic rings. The van der Waals surface area contributed by atoms with Crippen LogP contribution in [-0.4, -0.2) is 40.9 Å². The predicted octanol–water partition coefficient (Wildman–Crippen LogP) is 2.02. The quantitative estimate of drug-likeness (QED) is 0.724. The number of H-pyrrole nitrogens is 1.